The first-order valence-electron chi connectivity index (χ1n) is 20.3. The molecule has 0 bridgehead atoms. The Morgan fingerprint density at radius 1 is 1.00 bits per heavy atom. The van der Waals surface area contributed by atoms with E-state index < -0.39 is 40.8 Å². The predicted molar refractivity (Wildman–Crippen MR) is 216 cm³/mol. The van der Waals surface area contributed by atoms with Crippen molar-refractivity contribution in [3.63, 3.8) is 0 Å². The number of pyridine rings is 2. The number of likely N-dealkylation sites (tertiary alicyclic amines) is 1. The predicted octanol–water partition coefficient (Wildman–Crippen LogP) is 7.98. The maximum atomic E-state index is 14.8. The summed E-state index contributed by atoms with van der Waals surface area (Å²) in [5, 5.41) is 14.5. The Morgan fingerprint density at radius 3 is 2.37 bits per heavy atom. The summed E-state index contributed by atoms with van der Waals surface area (Å²) in [7, 11) is 1.53. The van der Waals surface area contributed by atoms with E-state index in [4.69, 9.17) is 35.8 Å². The van der Waals surface area contributed by atoms with Crippen LogP contribution < -0.4 is 14.8 Å². The second-order valence-electron chi connectivity index (χ2n) is 18.0. The summed E-state index contributed by atoms with van der Waals surface area (Å²) in [4.78, 5) is 66.3. The van der Waals surface area contributed by atoms with Gasteiger partial charge in [-0.2, -0.15) is 0 Å². The summed E-state index contributed by atoms with van der Waals surface area (Å²) in [6.45, 7) is 11.8. The number of carboxylic acid groups (broad SMARTS) is 1. The minimum absolute atomic E-state index is 0.0508. The van der Waals surface area contributed by atoms with Crippen molar-refractivity contribution in [2.24, 2.45) is 34.5 Å². The number of aromatic nitrogens is 2. The number of anilines is 1. The second-order valence-corrected chi connectivity index (χ2v) is 18.4. The SMILES string of the molecule is CC[C@@H]1C[C@]1(CC(=O)[C@@H]1C[C@@H](Oc2cc(-c3cccc(NC(C)C)n3)nc3c(Cl)c(OC)ccc23)CN1C(=O)[C@@H](CC(=O)OC1C[C@@H]2C[C@@H]2C1)C(C)(C)C)C(=O)O. The number of fused-ring (bicyclic) bond motifs is 2. The van der Waals surface area contributed by atoms with Crippen LogP contribution in [0.4, 0.5) is 5.82 Å². The summed E-state index contributed by atoms with van der Waals surface area (Å²) in [5.41, 5.74) is -0.296. The van der Waals surface area contributed by atoms with E-state index in [9.17, 15) is 24.3 Å². The number of carbonyl (C=O) groups is 4. The summed E-state index contributed by atoms with van der Waals surface area (Å²) >= 11 is 6.86. The van der Waals surface area contributed by atoms with Gasteiger partial charge in [0.05, 0.1) is 54.4 Å². The van der Waals surface area contributed by atoms with E-state index in [0.717, 1.165) is 12.8 Å². The molecule has 0 radical (unpaired) electrons. The van der Waals surface area contributed by atoms with Crippen molar-refractivity contribution in [3.05, 3.63) is 41.4 Å². The van der Waals surface area contributed by atoms with Gasteiger partial charge in [-0.3, -0.25) is 19.2 Å². The third-order valence-corrected chi connectivity index (χ3v) is 12.9. The fourth-order valence-corrected chi connectivity index (χ4v) is 9.46. The third-order valence-electron chi connectivity index (χ3n) is 12.6. The lowest BCUT2D eigenvalue weighted by molar-refractivity contribution is -0.157. The average Bonchev–Trinajstić information content (AvgIpc) is 3.96. The standard InChI is InChI=1S/C44H55ClN4O8/c1-8-26-20-44(26,42(53)54)21-34(50)33-17-28(22-49(33)41(52)30(43(4,5)6)18-38(51)57-27-15-24-14-25(24)16-27)56-36-19-32(31-10-9-11-37(47-31)46-23(2)3)48-40-29(36)12-13-35(55-7)39(40)45/h9-13,19,23-28,30,33H,8,14-18,20-22H2,1-7H3,(H,46,47)(H,53,54)/t24-,25+,26-,27?,28-,30-,33+,44-/m1/s1. The molecule has 7 rings (SSSR count). The normalized spacial score (nSPS) is 26.9. The quantitative estimate of drug-likeness (QED) is 0.144. The lowest BCUT2D eigenvalue weighted by Crippen LogP contribution is -2.48. The van der Waals surface area contributed by atoms with Crippen LogP contribution in [-0.2, 0) is 23.9 Å². The van der Waals surface area contributed by atoms with E-state index in [1.54, 1.807) is 18.2 Å². The Balaban J connectivity index is 1.21. The molecule has 2 aromatic heterocycles. The number of ether oxygens (including phenoxy) is 3. The third kappa shape index (κ3) is 8.43. The van der Waals surface area contributed by atoms with Crippen LogP contribution in [0.2, 0.25) is 5.02 Å². The summed E-state index contributed by atoms with van der Waals surface area (Å²) in [6, 6.07) is 10.1. The molecule has 8 atom stereocenters. The molecule has 4 fully saturated rings. The van der Waals surface area contributed by atoms with Crippen LogP contribution in [0.15, 0.2) is 36.4 Å². The van der Waals surface area contributed by atoms with Crippen molar-refractivity contribution < 1.29 is 38.5 Å². The first kappa shape index (κ1) is 40.7. The van der Waals surface area contributed by atoms with Crippen LogP contribution in [-0.4, -0.2) is 81.5 Å². The van der Waals surface area contributed by atoms with Crippen LogP contribution in [0.3, 0.4) is 0 Å². The van der Waals surface area contributed by atoms with E-state index in [1.165, 1.54) is 18.4 Å². The van der Waals surface area contributed by atoms with Gasteiger partial charge in [0.15, 0.2) is 5.78 Å². The van der Waals surface area contributed by atoms with Crippen molar-refractivity contribution in [1.82, 2.24) is 14.9 Å². The fourth-order valence-electron chi connectivity index (χ4n) is 9.18. The molecule has 2 N–H and O–H groups in total. The molecule has 1 aliphatic heterocycles. The van der Waals surface area contributed by atoms with Crippen molar-refractivity contribution in [1.29, 1.82) is 0 Å². The first-order chi connectivity index (χ1) is 27.0. The number of carboxylic acids is 1. The van der Waals surface area contributed by atoms with Gasteiger partial charge in [-0.25, -0.2) is 9.97 Å². The van der Waals surface area contributed by atoms with Crippen LogP contribution >= 0.6 is 11.6 Å². The molecule has 3 heterocycles. The van der Waals surface area contributed by atoms with Gasteiger partial charge in [0.25, 0.3) is 0 Å². The number of benzene rings is 1. The highest BCUT2D eigenvalue weighted by atomic mass is 35.5. The number of esters is 1. The molecular weight excluding hydrogens is 748 g/mol. The molecule has 12 nitrogen and oxygen atoms in total. The highest BCUT2D eigenvalue weighted by molar-refractivity contribution is 6.36. The van der Waals surface area contributed by atoms with E-state index >= 15 is 0 Å². The Morgan fingerprint density at radius 2 is 1.74 bits per heavy atom. The van der Waals surface area contributed by atoms with Crippen LogP contribution in [0, 0.1) is 34.5 Å². The number of aliphatic carboxylic acids is 1. The van der Waals surface area contributed by atoms with Crippen molar-refractivity contribution >= 4 is 52.0 Å². The molecule has 3 aromatic rings. The molecule has 1 unspecified atom stereocenters. The van der Waals surface area contributed by atoms with Gasteiger partial charge in [0.2, 0.25) is 5.91 Å². The minimum atomic E-state index is -1.15. The Kier molecular flexibility index (Phi) is 11.2. The van der Waals surface area contributed by atoms with Crippen molar-refractivity contribution in [2.75, 3.05) is 19.0 Å². The van der Waals surface area contributed by atoms with Gasteiger partial charge in [0, 0.05) is 30.3 Å². The van der Waals surface area contributed by atoms with Gasteiger partial charge in [-0.1, -0.05) is 51.8 Å². The number of carbonyl (C=O) groups excluding carboxylic acids is 3. The van der Waals surface area contributed by atoms with Gasteiger partial charge >= 0.3 is 11.9 Å². The zero-order valence-electron chi connectivity index (χ0n) is 34.0. The number of methoxy groups -OCH3 is 1. The molecule has 3 saturated carbocycles. The Hall–Kier alpha value is -4.45. The van der Waals surface area contributed by atoms with Gasteiger partial charge in [0.1, 0.15) is 34.5 Å². The number of hydrogen-bond acceptors (Lipinski definition) is 10. The van der Waals surface area contributed by atoms with E-state index in [2.05, 4.69) is 5.32 Å². The molecule has 1 saturated heterocycles. The van der Waals surface area contributed by atoms with E-state index in [1.807, 2.05) is 59.7 Å². The maximum absolute atomic E-state index is 14.8. The largest absolute Gasteiger partial charge is 0.495 e. The number of nitrogens with one attached hydrogen (secondary N) is 1. The zero-order valence-corrected chi connectivity index (χ0v) is 34.7. The number of ketones is 1. The van der Waals surface area contributed by atoms with Gasteiger partial charge < -0.3 is 29.5 Å². The molecule has 1 aromatic carbocycles. The second kappa shape index (κ2) is 15.7. The summed E-state index contributed by atoms with van der Waals surface area (Å²) in [6.07, 6.45) is 3.06. The number of Topliss-reactive ketones (excluding diaryl/α,β-unsaturated/α-hetero) is 1. The number of nitrogens with zero attached hydrogens (tertiary/aromatic N) is 3. The van der Waals surface area contributed by atoms with E-state index in [0.29, 0.717) is 64.3 Å². The number of rotatable bonds is 15. The summed E-state index contributed by atoms with van der Waals surface area (Å²) < 4.78 is 18.2. The molecule has 1 amide bonds. The first-order valence-corrected chi connectivity index (χ1v) is 20.7. The van der Waals surface area contributed by atoms with Gasteiger partial charge in [-0.05, 0) is 87.0 Å². The number of halogens is 1. The van der Waals surface area contributed by atoms with Crippen LogP contribution in [0.1, 0.15) is 92.9 Å². The smallest absolute Gasteiger partial charge is 0.310 e. The highest BCUT2D eigenvalue weighted by Crippen LogP contribution is 2.58. The van der Waals surface area contributed by atoms with Gasteiger partial charge in [-0.15, -0.1) is 0 Å². The lowest BCUT2D eigenvalue weighted by atomic mass is 9.77. The molecule has 3 aliphatic carbocycles. The van der Waals surface area contributed by atoms with Crippen LogP contribution in [0.25, 0.3) is 22.3 Å². The van der Waals surface area contributed by atoms with Crippen molar-refractivity contribution in [3.8, 4) is 22.9 Å². The number of hydrogen-bond donors (Lipinski definition) is 2. The average molecular weight is 803 g/mol. The minimum Gasteiger partial charge on any atom is -0.495 e. The summed E-state index contributed by atoms with van der Waals surface area (Å²) in [5.74, 6) is -0.165. The molecule has 0 spiro atoms. The molecule has 306 valence electrons. The molecule has 4 aliphatic rings. The van der Waals surface area contributed by atoms with Crippen LogP contribution in [0.5, 0.6) is 11.5 Å². The molecular formula is C44H55ClN4O8. The maximum Gasteiger partial charge on any atom is 0.310 e. The number of amides is 1. The highest BCUT2D eigenvalue weighted by Gasteiger charge is 2.61. The van der Waals surface area contributed by atoms with Crippen molar-refractivity contribution in [2.45, 2.75) is 117 Å². The lowest BCUT2D eigenvalue weighted by Gasteiger charge is -2.35. The zero-order chi connectivity index (χ0) is 41.0. The Labute approximate surface area is 339 Å². The Bertz CT molecular complexity index is 2060. The topological polar surface area (TPSA) is 157 Å². The molecule has 57 heavy (non-hydrogen) atoms. The molecule has 13 heteroatoms. The fraction of sp³-hybridized carbons (Fsp3) is 0.591. The van der Waals surface area contributed by atoms with E-state index in [-0.39, 0.29) is 60.6 Å². The monoisotopic (exact) mass is 802 g/mol.